The van der Waals surface area contributed by atoms with Crippen LogP contribution in [0.15, 0.2) is 187 Å². The average Bonchev–Trinajstić information content (AvgIpc) is 1.04. The molecule has 4 heterocycles. The number of nitrogens with zero attached hydrogens (tertiary/aromatic N) is 8. The van der Waals surface area contributed by atoms with Gasteiger partial charge in [-0.1, -0.05) is 137 Å². The van der Waals surface area contributed by atoms with Gasteiger partial charge in [0.05, 0.1) is 31.3 Å². The molecule has 2 aliphatic carbocycles. The van der Waals surface area contributed by atoms with Crippen molar-refractivity contribution < 1.29 is 14.3 Å². The largest absolute Gasteiger partial charge is 0.496 e. The number of ether oxygens (including phenoxy) is 1. The number of amides is 2. The van der Waals surface area contributed by atoms with Crippen LogP contribution in [0.25, 0.3) is 33.6 Å². The molecule has 2 atom stereocenters. The van der Waals surface area contributed by atoms with E-state index >= 15 is 0 Å². The minimum atomic E-state index is -0.0888. The Bertz CT molecular complexity index is 3930. The maximum atomic E-state index is 13.2. The van der Waals surface area contributed by atoms with Crippen molar-refractivity contribution >= 4 is 51.0 Å². The molecule has 0 radical (unpaired) electrons. The maximum Gasteiger partial charge on any atom is 0.228 e. The third-order valence-corrected chi connectivity index (χ3v) is 18.5. The fraction of sp³-hybridized carbons (Fsp3) is 0.307. The fourth-order valence-electron chi connectivity index (χ4n) is 12.9. The van der Waals surface area contributed by atoms with Gasteiger partial charge in [0.25, 0.3) is 0 Å². The minimum Gasteiger partial charge on any atom is -0.496 e. The van der Waals surface area contributed by atoms with Gasteiger partial charge in [-0.15, -0.1) is 0 Å². The predicted molar refractivity (Wildman–Crippen MR) is 370 cm³/mol. The summed E-state index contributed by atoms with van der Waals surface area (Å²) in [6.45, 7) is 13.1. The van der Waals surface area contributed by atoms with E-state index in [1.807, 2.05) is 97.3 Å². The first-order chi connectivity index (χ1) is 44.5. The molecular weight excluding hydrogens is 1200 g/mol. The van der Waals surface area contributed by atoms with Crippen molar-refractivity contribution in [2.45, 2.75) is 50.4 Å². The number of hydrogen-bond acceptors (Lipinski definition) is 13. The molecule has 9 aromatic rings. The summed E-state index contributed by atoms with van der Waals surface area (Å²) in [5, 5.41) is 13.1. The van der Waals surface area contributed by atoms with E-state index in [1.165, 1.54) is 22.3 Å². The van der Waals surface area contributed by atoms with Crippen molar-refractivity contribution in [2.75, 3.05) is 121 Å². The average molecular weight is 1280 g/mol. The lowest BCUT2D eigenvalue weighted by molar-refractivity contribution is -0.116. The number of aromatic nitrogens is 4. The third kappa shape index (κ3) is 16.1. The monoisotopic (exact) mass is 1280 g/mol. The summed E-state index contributed by atoms with van der Waals surface area (Å²) in [7, 11) is 6.02. The number of hydrogen-bond donors (Lipinski definition) is 4. The molecule has 2 unspecified atom stereocenters. The quantitative estimate of drug-likeness (QED) is 0.0535. The second-order valence-electron chi connectivity index (χ2n) is 24.4. The molecule has 91 heavy (non-hydrogen) atoms. The zero-order valence-corrected chi connectivity index (χ0v) is 54.0. The summed E-state index contributed by atoms with van der Waals surface area (Å²) in [6, 6.07) is 57.6. The van der Waals surface area contributed by atoms with Crippen LogP contribution in [0.2, 0.25) is 0 Å². The summed E-state index contributed by atoms with van der Waals surface area (Å²) < 4.78 is 6.55. The molecule has 0 spiro atoms. The number of likely N-dealkylation sites (N-methyl/N-ethyl adjacent to an activating group) is 2. The molecule has 2 aliphatic heterocycles. The Morgan fingerprint density at radius 1 is 0.527 bits per heavy atom. The summed E-state index contributed by atoms with van der Waals surface area (Å²) in [5.41, 5.74) is 17.2. The number of halogens is 1. The van der Waals surface area contributed by atoms with Crippen LogP contribution in [0.1, 0.15) is 69.2 Å². The Morgan fingerprint density at radius 2 is 1.02 bits per heavy atom. The van der Waals surface area contributed by atoms with Crippen LogP contribution in [0, 0.1) is 0 Å². The molecule has 7 aromatic carbocycles. The van der Waals surface area contributed by atoms with Gasteiger partial charge in [0, 0.05) is 122 Å². The van der Waals surface area contributed by atoms with Crippen molar-refractivity contribution in [2.24, 2.45) is 0 Å². The second kappa shape index (κ2) is 30.0. The molecule has 4 N–H and O–H groups in total. The van der Waals surface area contributed by atoms with Crippen LogP contribution in [-0.2, 0) is 35.3 Å². The molecule has 0 bridgehead atoms. The number of fused-ring (bicyclic) bond motifs is 6. The van der Waals surface area contributed by atoms with Gasteiger partial charge in [0.15, 0.2) is 0 Å². The van der Waals surface area contributed by atoms with Crippen molar-refractivity contribution in [3.63, 3.8) is 0 Å². The molecule has 4 aliphatic rings. The minimum absolute atomic E-state index is 0.0290. The molecule has 2 saturated heterocycles. The summed E-state index contributed by atoms with van der Waals surface area (Å²) in [4.78, 5) is 55.0. The highest BCUT2D eigenvalue weighted by Gasteiger charge is 2.30. The van der Waals surface area contributed by atoms with E-state index in [2.05, 4.69) is 161 Å². The van der Waals surface area contributed by atoms with Gasteiger partial charge in [-0.3, -0.25) is 9.59 Å². The summed E-state index contributed by atoms with van der Waals surface area (Å²) in [6.07, 6.45) is 8.32. The van der Waals surface area contributed by atoms with Gasteiger partial charge in [-0.05, 0) is 151 Å². The lowest BCUT2D eigenvalue weighted by Gasteiger charge is -2.32. The number of rotatable bonds is 20. The number of nitrogens with one attached hydrogen (secondary N) is 4. The zero-order valence-electron chi connectivity index (χ0n) is 52.4. The molecule has 16 heteroatoms. The van der Waals surface area contributed by atoms with Crippen LogP contribution in [-0.4, -0.2) is 151 Å². The standard InChI is InChI=1S/C41H44N6O2.C34H37BrN6O/c1-46-21-23-47(24-22-46)20-8-19-42-41-43-28-33-26-37(35-11-6-7-12-36(35)40(33)45-41)30-13-16-34(17-14-30)44-39(48)27-32-25-31(15-18-38(32)49-2)29-9-4-3-5-10-29;1-40-16-18-41(19-17-40)15-5-14-36-34-37-23-26-22-31(29-8-2-3-9-30(29)33(26)39-34)25-10-12-28(13-11-25)38-32(42)21-24-6-4-7-27(35)20-24/h3-7,9-18,25,28,37H,8,19-24,26-27H2,1-2H3,(H,44,48)(H,42,43,45);2-4,6-13,20,23,31H,5,14-19,21-22H2,1H3,(H,38,42)(H,36,37,39). The zero-order chi connectivity index (χ0) is 62.5. The Morgan fingerprint density at radius 3 is 1.53 bits per heavy atom. The van der Waals surface area contributed by atoms with E-state index in [-0.39, 0.29) is 30.1 Å². The van der Waals surface area contributed by atoms with Gasteiger partial charge in [0.2, 0.25) is 23.7 Å². The molecule has 2 amide bonds. The Labute approximate surface area is 543 Å². The van der Waals surface area contributed by atoms with Crippen molar-refractivity contribution in [3.05, 3.63) is 231 Å². The molecule has 466 valence electrons. The van der Waals surface area contributed by atoms with E-state index in [9.17, 15) is 9.59 Å². The number of carbonyl (C=O) groups is 2. The predicted octanol–water partition coefficient (Wildman–Crippen LogP) is 12.6. The van der Waals surface area contributed by atoms with E-state index in [0.29, 0.717) is 24.1 Å². The number of methoxy groups -OCH3 is 1. The van der Waals surface area contributed by atoms with E-state index < -0.39 is 0 Å². The first-order valence-corrected chi connectivity index (χ1v) is 32.8. The van der Waals surface area contributed by atoms with E-state index in [1.54, 1.807) is 7.11 Å². The lowest BCUT2D eigenvalue weighted by atomic mass is 9.78. The van der Waals surface area contributed by atoms with Crippen LogP contribution in [0.5, 0.6) is 5.75 Å². The number of benzene rings is 7. The summed E-state index contributed by atoms with van der Waals surface area (Å²) in [5.74, 6) is 2.34. The van der Waals surface area contributed by atoms with Gasteiger partial charge in [0.1, 0.15) is 5.75 Å². The van der Waals surface area contributed by atoms with Gasteiger partial charge in [-0.2, -0.15) is 0 Å². The lowest BCUT2D eigenvalue weighted by Crippen LogP contribution is -2.44. The molecule has 13 rings (SSSR count). The van der Waals surface area contributed by atoms with Crippen LogP contribution in [0.4, 0.5) is 23.3 Å². The molecule has 2 fully saturated rings. The highest BCUT2D eigenvalue weighted by molar-refractivity contribution is 9.10. The first kappa shape index (κ1) is 62.5. The Balaban J connectivity index is 0.000000178. The number of carbonyl (C=O) groups excluding carboxylic acids is 2. The maximum absolute atomic E-state index is 13.2. The number of piperazine rings is 2. The van der Waals surface area contributed by atoms with Crippen LogP contribution < -0.4 is 26.0 Å². The van der Waals surface area contributed by atoms with E-state index in [4.69, 9.17) is 19.7 Å². The Hall–Kier alpha value is -8.64. The van der Waals surface area contributed by atoms with Crippen molar-refractivity contribution in [1.82, 2.24) is 39.5 Å². The van der Waals surface area contributed by atoms with Crippen molar-refractivity contribution in [1.29, 1.82) is 0 Å². The van der Waals surface area contributed by atoms with Gasteiger partial charge in [-0.25, -0.2) is 19.9 Å². The van der Waals surface area contributed by atoms with Crippen molar-refractivity contribution in [3.8, 4) is 39.4 Å². The van der Waals surface area contributed by atoms with E-state index in [0.717, 1.165) is 176 Å². The molecule has 0 saturated carbocycles. The smallest absolute Gasteiger partial charge is 0.228 e. The number of anilines is 4. The molecule has 2 aromatic heterocycles. The van der Waals surface area contributed by atoms with Crippen LogP contribution >= 0.6 is 15.9 Å². The SMILES string of the molecule is CN1CCN(CCCNc2ncc3c(n2)-c2ccccc2C(c2ccc(NC(=O)Cc4cccc(Br)c4)cc2)C3)CC1.COc1ccc(-c2ccccc2)cc1CC(=O)Nc1ccc(C2Cc3cnc(NCCCN4CCN(C)CC4)nc3-c3ccccc32)cc1. The second-order valence-corrected chi connectivity index (χ2v) is 25.3. The highest BCUT2D eigenvalue weighted by Crippen LogP contribution is 2.44. The van der Waals surface area contributed by atoms with Crippen LogP contribution in [0.3, 0.4) is 0 Å². The Kier molecular flexibility index (Phi) is 20.6. The van der Waals surface area contributed by atoms with Gasteiger partial charge < -0.3 is 45.6 Å². The summed E-state index contributed by atoms with van der Waals surface area (Å²) >= 11 is 3.47. The highest BCUT2D eigenvalue weighted by atomic mass is 79.9. The topological polar surface area (TPSA) is 156 Å². The fourth-order valence-corrected chi connectivity index (χ4v) is 13.4. The first-order valence-electron chi connectivity index (χ1n) is 32.0. The third-order valence-electron chi connectivity index (χ3n) is 18.0. The molecule has 15 nitrogen and oxygen atoms in total. The molecular formula is C75H81BrN12O3. The van der Waals surface area contributed by atoms with Gasteiger partial charge >= 0.3 is 0 Å². The normalized spacial score (nSPS) is 16.4.